The average Bonchev–Trinajstić information content (AvgIpc) is 2.68. The van der Waals surface area contributed by atoms with E-state index in [1.165, 1.54) is 38.5 Å². The normalized spacial score (nSPS) is 20.7. The number of nitrogens with one attached hydrogen (secondary N) is 1. The van der Waals surface area contributed by atoms with E-state index in [-0.39, 0.29) is 6.04 Å². The van der Waals surface area contributed by atoms with Gasteiger partial charge in [-0.1, -0.05) is 43.9 Å². The number of hydrogen-bond acceptors (Lipinski definition) is 2. The molecule has 1 unspecified atom stereocenters. The van der Waals surface area contributed by atoms with Gasteiger partial charge in [0.15, 0.2) is 0 Å². The summed E-state index contributed by atoms with van der Waals surface area (Å²) in [5.74, 6) is 1.19. The van der Waals surface area contributed by atoms with E-state index in [0.29, 0.717) is 11.8 Å². The minimum atomic E-state index is 0.208. The Morgan fingerprint density at radius 3 is 2.32 bits per heavy atom. The molecular weight excluding hydrogens is 234 g/mol. The Kier molecular flexibility index (Phi) is 5.26. The summed E-state index contributed by atoms with van der Waals surface area (Å²) in [7, 11) is 0. The number of aromatic hydroxyl groups is 1. The number of phenols is 1. The second-order valence-electron chi connectivity index (χ2n) is 5.99. The molecule has 0 aliphatic heterocycles. The highest BCUT2D eigenvalue weighted by atomic mass is 16.3. The van der Waals surface area contributed by atoms with Crippen LogP contribution in [-0.2, 0) is 0 Å². The molecule has 1 saturated carbocycles. The zero-order chi connectivity index (χ0) is 13.7. The van der Waals surface area contributed by atoms with Crippen LogP contribution in [0.2, 0.25) is 0 Å². The molecule has 19 heavy (non-hydrogen) atoms. The third-order valence-electron chi connectivity index (χ3n) is 4.52. The Bertz CT molecular complexity index is 383. The van der Waals surface area contributed by atoms with Crippen LogP contribution in [0.1, 0.15) is 64.0 Å². The van der Waals surface area contributed by atoms with Gasteiger partial charge in [0.05, 0.1) is 0 Å². The molecule has 1 aromatic rings. The molecule has 0 aromatic heterocycles. The lowest BCUT2D eigenvalue weighted by Gasteiger charge is -2.27. The van der Waals surface area contributed by atoms with E-state index in [0.717, 1.165) is 11.5 Å². The Morgan fingerprint density at radius 2 is 1.68 bits per heavy atom. The van der Waals surface area contributed by atoms with Crippen molar-refractivity contribution in [3.63, 3.8) is 0 Å². The fraction of sp³-hybridized carbons (Fsp3) is 0.647. The Labute approximate surface area is 117 Å². The number of hydrogen-bond donors (Lipinski definition) is 2. The molecule has 0 spiro atoms. The lowest BCUT2D eigenvalue weighted by Crippen LogP contribution is -2.35. The third-order valence-corrected chi connectivity index (χ3v) is 4.52. The van der Waals surface area contributed by atoms with E-state index >= 15 is 0 Å². The molecule has 0 heterocycles. The quantitative estimate of drug-likeness (QED) is 0.787. The summed E-state index contributed by atoms with van der Waals surface area (Å²) in [5, 5.41) is 13.6. The standard InChI is InChI=1S/C17H27NO/c1-13(15-9-5-3-4-6-10-15)18-14(2)16-11-7-8-12-17(16)19/h7-8,11-15,18-19H,3-6,9-10H2,1-2H3/t13-,14?/m0/s1. The smallest absolute Gasteiger partial charge is 0.120 e. The van der Waals surface area contributed by atoms with Gasteiger partial charge in [0.25, 0.3) is 0 Å². The zero-order valence-electron chi connectivity index (χ0n) is 12.2. The molecule has 106 valence electrons. The first-order valence-electron chi connectivity index (χ1n) is 7.72. The molecule has 1 aromatic carbocycles. The van der Waals surface area contributed by atoms with Crippen LogP contribution in [0.5, 0.6) is 5.75 Å². The summed E-state index contributed by atoms with van der Waals surface area (Å²) in [6.45, 7) is 4.44. The first-order chi connectivity index (χ1) is 9.18. The zero-order valence-corrected chi connectivity index (χ0v) is 12.2. The Balaban J connectivity index is 1.94. The monoisotopic (exact) mass is 261 g/mol. The number of para-hydroxylation sites is 1. The van der Waals surface area contributed by atoms with Gasteiger partial charge in [-0.15, -0.1) is 0 Å². The van der Waals surface area contributed by atoms with Gasteiger partial charge >= 0.3 is 0 Å². The van der Waals surface area contributed by atoms with Crippen molar-refractivity contribution in [2.75, 3.05) is 0 Å². The lowest BCUT2D eigenvalue weighted by atomic mass is 9.92. The minimum Gasteiger partial charge on any atom is -0.508 e. The fourth-order valence-corrected chi connectivity index (χ4v) is 3.28. The van der Waals surface area contributed by atoms with E-state index in [2.05, 4.69) is 19.2 Å². The van der Waals surface area contributed by atoms with Crippen LogP contribution in [0.15, 0.2) is 24.3 Å². The summed E-state index contributed by atoms with van der Waals surface area (Å²) in [6.07, 6.45) is 8.25. The van der Waals surface area contributed by atoms with Crippen molar-refractivity contribution in [2.24, 2.45) is 5.92 Å². The molecule has 0 bridgehead atoms. The van der Waals surface area contributed by atoms with Crippen molar-refractivity contribution in [1.82, 2.24) is 5.32 Å². The van der Waals surface area contributed by atoms with E-state index < -0.39 is 0 Å². The second-order valence-corrected chi connectivity index (χ2v) is 5.99. The molecule has 2 atom stereocenters. The first-order valence-corrected chi connectivity index (χ1v) is 7.72. The van der Waals surface area contributed by atoms with Gasteiger partial charge in [-0.25, -0.2) is 0 Å². The maximum atomic E-state index is 9.91. The Hall–Kier alpha value is -1.02. The molecule has 2 heteroatoms. The Morgan fingerprint density at radius 1 is 1.05 bits per heavy atom. The van der Waals surface area contributed by atoms with Gasteiger partial charge in [0, 0.05) is 17.6 Å². The van der Waals surface area contributed by atoms with Crippen LogP contribution in [0, 0.1) is 5.92 Å². The molecule has 1 fully saturated rings. The van der Waals surface area contributed by atoms with E-state index in [9.17, 15) is 5.11 Å². The van der Waals surface area contributed by atoms with Crippen LogP contribution in [-0.4, -0.2) is 11.1 Å². The van der Waals surface area contributed by atoms with Crippen molar-refractivity contribution >= 4 is 0 Å². The van der Waals surface area contributed by atoms with Gasteiger partial charge in [-0.2, -0.15) is 0 Å². The van der Waals surface area contributed by atoms with E-state index in [4.69, 9.17) is 0 Å². The van der Waals surface area contributed by atoms with Crippen LogP contribution < -0.4 is 5.32 Å². The highest BCUT2D eigenvalue weighted by molar-refractivity contribution is 5.34. The van der Waals surface area contributed by atoms with Crippen molar-refractivity contribution in [3.05, 3.63) is 29.8 Å². The largest absolute Gasteiger partial charge is 0.508 e. The lowest BCUT2D eigenvalue weighted by molar-refractivity contribution is 0.313. The number of rotatable bonds is 4. The molecular formula is C17H27NO. The summed E-state index contributed by atoms with van der Waals surface area (Å²) in [6, 6.07) is 8.37. The van der Waals surface area contributed by atoms with Gasteiger partial charge in [0.2, 0.25) is 0 Å². The molecule has 0 amide bonds. The summed E-state index contributed by atoms with van der Waals surface area (Å²) >= 11 is 0. The molecule has 1 aliphatic carbocycles. The predicted octanol–water partition coefficient (Wildman–Crippen LogP) is 4.40. The number of phenolic OH excluding ortho intramolecular Hbond substituents is 1. The summed E-state index contributed by atoms with van der Waals surface area (Å²) in [4.78, 5) is 0. The van der Waals surface area contributed by atoms with Crippen LogP contribution in [0.3, 0.4) is 0 Å². The van der Waals surface area contributed by atoms with Crippen molar-refractivity contribution < 1.29 is 5.11 Å². The minimum absolute atomic E-state index is 0.208. The summed E-state index contributed by atoms with van der Waals surface area (Å²) in [5.41, 5.74) is 1.00. The first kappa shape index (κ1) is 14.4. The van der Waals surface area contributed by atoms with Gasteiger partial charge in [0.1, 0.15) is 5.75 Å². The molecule has 1 aliphatic rings. The highest BCUT2D eigenvalue weighted by Crippen LogP contribution is 2.28. The third kappa shape index (κ3) is 3.97. The SMILES string of the molecule is CC(N[C@@H](C)C1CCCCCC1)c1ccccc1O. The maximum Gasteiger partial charge on any atom is 0.120 e. The van der Waals surface area contributed by atoms with Crippen molar-refractivity contribution in [3.8, 4) is 5.75 Å². The summed E-state index contributed by atoms with van der Waals surface area (Å²) < 4.78 is 0. The maximum absolute atomic E-state index is 9.91. The van der Waals surface area contributed by atoms with Crippen LogP contribution in [0.4, 0.5) is 0 Å². The highest BCUT2D eigenvalue weighted by Gasteiger charge is 2.21. The van der Waals surface area contributed by atoms with Crippen LogP contribution in [0.25, 0.3) is 0 Å². The average molecular weight is 261 g/mol. The molecule has 0 radical (unpaired) electrons. The fourth-order valence-electron chi connectivity index (χ4n) is 3.28. The van der Waals surface area contributed by atoms with Gasteiger partial charge in [-0.05, 0) is 38.7 Å². The van der Waals surface area contributed by atoms with E-state index in [1.54, 1.807) is 6.07 Å². The van der Waals surface area contributed by atoms with Crippen LogP contribution >= 0.6 is 0 Å². The molecule has 0 saturated heterocycles. The predicted molar refractivity (Wildman–Crippen MR) is 80.3 cm³/mol. The van der Waals surface area contributed by atoms with E-state index in [1.807, 2.05) is 18.2 Å². The molecule has 2 N–H and O–H groups in total. The topological polar surface area (TPSA) is 32.3 Å². The van der Waals surface area contributed by atoms with Crippen molar-refractivity contribution in [1.29, 1.82) is 0 Å². The number of benzene rings is 1. The van der Waals surface area contributed by atoms with Gasteiger partial charge < -0.3 is 10.4 Å². The second kappa shape index (κ2) is 6.95. The van der Waals surface area contributed by atoms with Gasteiger partial charge in [-0.3, -0.25) is 0 Å². The van der Waals surface area contributed by atoms with Crippen molar-refractivity contribution in [2.45, 2.75) is 64.5 Å². The molecule has 2 nitrogen and oxygen atoms in total. The molecule has 2 rings (SSSR count).